The molecule has 0 atom stereocenters. The number of benzene rings is 1. The normalized spacial score (nSPS) is 11.2. The van der Waals surface area contributed by atoms with Crippen molar-refractivity contribution in [3.05, 3.63) is 23.8 Å². The maximum Gasteiger partial charge on any atom is 0.573 e. The molecular formula is C8H9F3N2O. The average molecular weight is 206 g/mol. The van der Waals surface area contributed by atoms with Gasteiger partial charge in [0, 0.05) is 0 Å². The molecule has 0 aliphatic carbocycles. The van der Waals surface area contributed by atoms with Crippen molar-refractivity contribution in [2.24, 2.45) is 5.84 Å². The molecule has 0 fully saturated rings. The van der Waals surface area contributed by atoms with Crippen LogP contribution in [0.1, 0.15) is 5.56 Å². The van der Waals surface area contributed by atoms with Crippen LogP contribution >= 0.6 is 0 Å². The molecule has 1 aromatic carbocycles. The van der Waals surface area contributed by atoms with Crippen LogP contribution in [0.15, 0.2) is 18.2 Å². The number of ether oxygens (including phenoxy) is 1. The topological polar surface area (TPSA) is 47.3 Å². The van der Waals surface area contributed by atoms with Crippen LogP contribution in [-0.2, 0) is 0 Å². The van der Waals surface area contributed by atoms with Crippen LogP contribution < -0.4 is 16.0 Å². The Balaban J connectivity index is 2.87. The van der Waals surface area contributed by atoms with Crippen LogP contribution in [0.3, 0.4) is 0 Å². The summed E-state index contributed by atoms with van der Waals surface area (Å²) in [6.07, 6.45) is -4.66. The summed E-state index contributed by atoms with van der Waals surface area (Å²) in [7, 11) is 0. The van der Waals surface area contributed by atoms with Gasteiger partial charge in [-0.05, 0) is 30.7 Å². The fourth-order valence-corrected chi connectivity index (χ4v) is 0.995. The first-order valence-electron chi connectivity index (χ1n) is 3.75. The first-order chi connectivity index (χ1) is 6.42. The third-order valence-corrected chi connectivity index (χ3v) is 1.59. The maximum absolute atomic E-state index is 11.8. The predicted molar refractivity (Wildman–Crippen MR) is 45.7 cm³/mol. The van der Waals surface area contributed by atoms with Crippen molar-refractivity contribution in [3.63, 3.8) is 0 Å². The number of nitrogens with one attached hydrogen (secondary N) is 1. The molecular weight excluding hydrogens is 197 g/mol. The van der Waals surface area contributed by atoms with Gasteiger partial charge in [0.25, 0.3) is 0 Å². The molecule has 0 saturated carbocycles. The lowest BCUT2D eigenvalue weighted by molar-refractivity contribution is -0.274. The summed E-state index contributed by atoms with van der Waals surface area (Å²) in [5, 5.41) is 0. The molecule has 0 spiro atoms. The van der Waals surface area contributed by atoms with Gasteiger partial charge in [-0.3, -0.25) is 5.84 Å². The van der Waals surface area contributed by atoms with Crippen LogP contribution in [0.5, 0.6) is 5.75 Å². The van der Waals surface area contributed by atoms with E-state index in [9.17, 15) is 13.2 Å². The van der Waals surface area contributed by atoms with E-state index in [0.717, 1.165) is 0 Å². The van der Waals surface area contributed by atoms with Crippen molar-refractivity contribution in [2.75, 3.05) is 5.43 Å². The predicted octanol–water partition coefficient (Wildman–Crippen LogP) is 2.18. The third kappa shape index (κ3) is 2.81. The Morgan fingerprint density at radius 3 is 2.43 bits per heavy atom. The summed E-state index contributed by atoms with van der Waals surface area (Å²) in [4.78, 5) is 0. The first-order valence-corrected chi connectivity index (χ1v) is 3.75. The molecule has 14 heavy (non-hydrogen) atoms. The smallest absolute Gasteiger partial charge is 0.406 e. The summed E-state index contributed by atoms with van der Waals surface area (Å²) in [5.74, 6) is 4.86. The van der Waals surface area contributed by atoms with Crippen molar-refractivity contribution in [2.45, 2.75) is 13.3 Å². The lowest BCUT2D eigenvalue weighted by atomic mass is 10.2. The number of nitrogen functional groups attached to an aromatic ring is 1. The first kappa shape index (κ1) is 10.6. The highest BCUT2D eigenvalue weighted by atomic mass is 19.4. The molecule has 0 bridgehead atoms. The number of anilines is 1. The number of aryl methyl sites for hydroxylation is 1. The summed E-state index contributed by atoms with van der Waals surface area (Å²) in [6, 6.07) is 3.86. The molecule has 3 nitrogen and oxygen atoms in total. The second-order valence-electron chi connectivity index (χ2n) is 2.67. The van der Waals surface area contributed by atoms with E-state index in [-0.39, 0.29) is 5.75 Å². The fraction of sp³-hybridized carbons (Fsp3) is 0.250. The van der Waals surface area contributed by atoms with Gasteiger partial charge in [-0.1, -0.05) is 0 Å². The van der Waals surface area contributed by atoms with E-state index < -0.39 is 6.36 Å². The minimum Gasteiger partial charge on any atom is -0.406 e. The Bertz CT molecular complexity index is 325. The fourth-order valence-electron chi connectivity index (χ4n) is 0.995. The van der Waals surface area contributed by atoms with E-state index in [2.05, 4.69) is 10.2 Å². The number of hydrazine groups is 1. The quantitative estimate of drug-likeness (QED) is 0.576. The maximum atomic E-state index is 11.8. The van der Waals surface area contributed by atoms with Crippen molar-refractivity contribution in [1.29, 1.82) is 0 Å². The Hall–Kier alpha value is -1.43. The number of hydrogen-bond donors (Lipinski definition) is 2. The van der Waals surface area contributed by atoms with Crippen LogP contribution in [0.4, 0.5) is 18.9 Å². The molecule has 3 N–H and O–H groups in total. The summed E-state index contributed by atoms with van der Waals surface area (Å²) in [6.45, 7) is 1.62. The van der Waals surface area contributed by atoms with Crippen molar-refractivity contribution in [1.82, 2.24) is 0 Å². The molecule has 0 aliphatic rings. The van der Waals surface area contributed by atoms with Gasteiger partial charge in [-0.2, -0.15) is 0 Å². The SMILES string of the molecule is Cc1cc(OC(F)(F)F)ccc1NN. The van der Waals surface area contributed by atoms with Crippen LogP contribution in [0.2, 0.25) is 0 Å². The van der Waals surface area contributed by atoms with Gasteiger partial charge in [0.05, 0.1) is 5.69 Å². The summed E-state index contributed by atoms with van der Waals surface area (Å²) in [5.41, 5.74) is 3.48. The zero-order chi connectivity index (χ0) is 10.8. The zero-order valence-corrected chi connectivity index (χ0v) is 7.35. The number of alkyl halides is 3. The van der Waals surface area contributed by atoms with Gasteiger partial charge in [0.1, 0.15) is 5.75 Å². The van der Waals surface area contributed by atoms with Crippen molar-refractivity contribution >= 4 is 5.69 Å². The molecule has 6 heteroatoms. The minimum absolute atomic E-state index is 0.256. The van der Waals surface area contributed by atoms with Gasteiger partial charge in [-0.15, -0.1) is 13.2 Å². The van der Waals surface area contributed by atoms with E-state index in [1.807, 2.05) is 0 Å². The highest BCUT2D eigenvalue weighted by Gasteiger charge is 2.31. The lowest BCUT2D eigenvalue weighted by Crippen LogP contribution is -2.17. The zero-order valence-electron chi connectivity index (χ0n) is 7.35. The van der Waals surface area contributed by atoms with E-state index in [1.54, 1.807) is 6.92 Å². The van der Waals surface area contributed by atoms with Crippen LogP contribution in [0, 0.1) is 6.92 Å². The largest absolute Gasteiger partial charge is 0.573 e. The molecule has 1 rings (SSSR count). The van der Waals surface area contributed by atoms with E-state index in [1.165, 1.54) is 18.2 Å². The van der Waals surface area contributed by atoms with Crippen molar-refractivity contribution in [3.8, 4) is 5.75 Å². The second kappa shape index (κ2) is 3.75. The molecule has 0 amide bonds. The van der Waals surface area contributed by atoms with Crippen molar-refractivity contribution < 1.29 is 17.9 Å². The van der Waals surface area contributed by atoms with Gasteiger partial charge < -0.3 is 10.2 Å². The molecule has 0 unspecified atom stereocenters. The van der Waals surface area contributed by atoms with E-state index in [4.69, 9.17) is 5.84 Å². The standard InChI is InChI=1S/C8H9F3N2O/c1-5-4-6(14-8(9,10)11)2-3-7(5)13-12/h2-4,13H,12H2,1H3. The Labute approximate surface area is 78.6 Å². The Morgan fingerprint density at radius 2 is 2.00 bits per heavy atom. The molecule has 1 aromatic rings. The number of rotatable bonds is 2. The monoisotopic (exact) mass is 206 g/mol. The average Bonchev–Trinajstić information content (AvgIpc) is 2.01. The van der Waals surface area contributed by atoms with Gasteiger partial charge in [0.2, 0.25) is 0 Å². The van der Waals surface area contributed by atoms with E-state index in [0.29, 0.717) is 11.3 Å². The van der Waals surface area contributed by atoms with Gasteiger partial charge in [0.15, 0.2) is 0 Å². The highest BCUT2D eigenvalue weighted by Crippen LogP contribution is 2.26. The van der Waals surface area contributed by atoms with Gasteiger partial charge in [-0.25, -0.2) is 0 Å². The molecule has 0 saturated heterocycles. The van der Waals surface area contributed by atoms with E-state index >= 15 is 0 Å². The highest BCUT2D eigenvalue weighted by molar-refractivity contribution is 5.52. The molecule has 0 radical (unpaired) electrons. The Kier molecular flexibility index (Phi) is 2.85. The van der Waals surface area contributed by atoms with Gasteiger partial charge >= 0.3 is 6.36 Å². The van der Waals surface area contributed by atoms with Crippen LogP contribution in [-0.4, -0.2) is 6.36 Å². The molecule has 0 aromatic heterocycles. The number of hydrogen-bond acceptors (Lipinski definition) is 3. The summed E-state index contributed by atoms with van der Waals surface area (Å²) >= 11 is 0. The molecule has 0 heterocycles. The second-order valence-corrected chi connectivity index (χ2v) is 2.67. The van der Waals surface area contributed by atoms with Crippen LogP contribution in [0.25, 0.3) is 0 Å². The third-order valence-electron chi connectivity index (χ3n) is 1.59. The minimum atomic E-state index is -4.66. The summed E-state index contributed by atoms with van der Waals surface area (Å²) < 4.78 is 39.1. The molecule has 78 valence electrons. The Morgan fingerprint density at radius 1 is 1.36 bits per heavy atom. The lowest BCUT2D eigenvalue weighted by Gasteiger charge is -2.11. The number of nitrogens with two attached hydrogens (primary N) is 1. The number of halogens is 3. The molecule has 0 aliphatic heterocycles.